The van der Waals surface area contributed by atoms with E-state index in [-0.39, 0.29) is 11.6 Å². The number of amides is 1. The van der Waals surface area contributed by atoms with Gasteiger partial charge in [0.1, 0.15) is 5.75 Å². The third-order valence-electron chi connectivity index (χ3n) is 3.45. The Bertz CT molecular complexity index is 723. The third kappa shape index (κ3) is 5.30. The van der Waals surface area contributed by atoms with Crippen LogP contribution in [-0.2, 0) is 4.74 Å². The van der Waals surface area contributed by atoms with E-state index in [1.165, 1.54) is 0 Å². The Morgan fingerprint density at radius 2 is 2.04 bits per heavy atom. The fourth-order valence-electron chi connectivity index (χ4n) is 2.10. The molecule has 2 rings (SSSR count). The number of hydrogen-bond acceptors (Lipinski definition) is 6. The molecule has 0 saturated heterocycles. The zero-order valence-electron chi connectivity index (χ0n) is 14.4. The van der Waals surface area contributed by atoms with Crippen LogP contribution in [0.3, 0.4) is 0 Å². The number of carbonyl (C=O) groups is 1. The summed E-state index contributed by atoms with van der Waals surface area (Å²) in [5, 5.41) is 14.5. The molecule has 0 fully saturated rings. The molecule has 0 spiro atoms. The molecule has 25 heavy (non-hydrogen) atoms. The number of halogens is 1. The van der Waals surface area contributed by atoms with Crippen molar-refractivity contribution in [2.24, 2.45) is 0 Å². The van der Waals surface area contributed by atoms with Gasteiger partial charge in [-0.1, -0.05) is 11.6 Å². The van der Waals surface area contributed by atoms with Gasteiger partial charge in [0.05, 0.1) is 12.8 Å². The van der Waals surface area contributed by atoms with Crippen LogP contribution in [0.5, 0.6) is 5.75 Å². The van der Waals surface area contributed by atoms with Crippen molar-refractivity contribution in [3.63, 3.8) is 0 Å². The van der Waals surface area contributed by atoms with Gasteiger partial charge in [-0.25, -0.2) is 0 Å². The molecule has 2 aromatic rings. The number of aryl methyl sites for hydroxylation is 1. The van der Waals surface area contributed by atoms with Crippen molar-refractivity contribution in [1.82, 2.24) is 15.5 Å². The molecule has 1 amide bonds. The standard InChI is InChI=1S/C17H21ClN4O3/c1-11-9-14(15(25-3)10-12(11)18)20-16-6-5-13(21-22-16)17(23)19-7-4-8-24-2/h5-6,9-10H,4,7-8H2,1-3H3,(H,19,23)(H,20,22). The van der Waals surface area contributed by atoms with Gasteiger partial charge in [-0.2, -0.15) is 0 Å². The summed E-state index contributed by atoms with van der Waals surface area (Å²) in [4.78, 5) is 12.0. The Hall–Kier alpha value is -2.38. The molecule has 0 aliphatic rings. The van der Waals surface area contributed by atoms with Gasteiger partial charge in [0.25, 0.3) is 5.91 Å². The maximum absolute atomic E-state index is 12.0. The molecule has 0 unspecified atom stereocenters. The Kier molecular flexibility index (Phi) is 6.97. The lowest BCUT2D eigenvalue weighted by molar-refractivity contribution is 0.0942. The summed E-state index contributed by atoms with van der Waals surface area (Å²) in [7, 11) is 3.19. The van der Waals surface area contributed by atoms with E-state index >= 15 is 0 Å². The van der Waals surface area contributed by atoms with Crippen LogP contribution in [0.15, 0.2) is 24.3 Å². The fourth-order valence-corrected chi connectivity index (χ4v) is 2.25. The second kappa shape index (κ2) is 9.19. The summed E-state index contributed by atoms with van der Waals surface area (Å²) >= 11 is 6.10. The molecule has 1 aromatic carbocycles. The second-order valence-electron chi connectivity index (χ2n) is 5.33. The van der Waals surface area contributed by atoms with Crippen molar-refractivity contribution >= 4 is 29.0 Å². The van der Waals surface area contributed by atoms with Crippen molar-refractivity contribution in [2.75, 3.05) is 32.7 Å². The number of rotatable bonds is 8. The highest BCUT2D eigenvalue weighted by atomic mass is 35.5. The highest BCUT2D eigenvalue weighted by Crippen LogP contribution is 2.32. The first-order valence-corrected chi connectivity index (χ1v) is 8.15. The predicted molar refractivity (Wildman–Crippen MR) is 96.9 cm³/mol. The molecule has 0 aliphatic heterocycles. The van der Waals surface area contributed by atoms with E-state index in [1.807, 2.05) is 13.0 Å². The lowest BCUT2D eigenvalue weighted by atomic mass is 10.2. The first-order chi connectivity index (χ1) is 12.0. The molecule has 0 radical (unpaired) electrons. The molecule has 134 valence electrons. The zero-order valence-corrected chi connectivity index (χ0v) is 15.2. The van der Waals surface area contributed by atoms with Gasteiger partial charge in [0, 0.05) is 31.4 Å². The maximum Gasteiger partial charge on any atom is 0.271 e. The van der Waals surface area contributed by atoms with Crippen LogP contribution in [0.2, 0.25) is 5.02 Å². The minimum absolute atomic E-state index is 0.252. The molecule has 0 atom stereocenters. The van der Waals surface area contributed by atoms with E-state index < -0.39 is 0 Å². The Labute approximate surface area is 151 Å². The van der Waals surface area contributed by atoms with Gasteiger partial charge in [-0.3, -0.25) is 4.79 Å². The molecule has 8 heteroatoms. The summed E-state index contributed by atoms with van der Waals surface area (Å²) in [6.45, 7) is 3.02. The van der Waals surface area contributed by atoms with Gasteiger partial charge < -0.3 is 20.1 Å². The monoisotopic (exact) mass is 364 g/mol. The zero-order chi connectivity index (χ0) is 18.2. The number of aromatic nitrogens is 2. The molecule has 0 saturated carbocycles. The van der Waals surface area contributed by atoms with E-state index in [9.17, 15) is 4.79 Å². The first-order valence-electron chi connectivity index (χ1n) is 7.77. The smallest absolute Gasteiger partial charge is 0.271 e. The molecule has 1 aromatic heterocycles. The van der Waals surface area contributed by atoms with E-state index in [0.29, 0.717) is 29.7 Å². The minimum atomic E-state index is -0.268. The van der Waals surface area contributed by atoms with Crippen molar-refractivity contribution in [3.05, 3.63) is 40.5 Å². The molecule has 0 aliphatic carbocycles. The Morgan fingerprint density at radius 3 is 2.68 bits per heavy atom. The summed E-state index contributed by atoms with van der Waals surface area (Å²) in [6, 6.07) is 6.88. The van der Waals surface area contributed by atoms with Crippen LogP contribution in [-0.4, -0.2) is 43.5 Å². The molecule has 7 nitrogen and oxygen atoms in total. The normalized spacial score (nSPS) is 10.4. The number of benzene rings is 1. The Balaban J connectivity index is 2.03. The number of hydrogen-bond donors (Lipinski definition) is 2. The topological polar surface area (TPSA) is 85.4 Å². The molecule has 0 bridgehead atoms. The van der Waals surface area contributed by atoms with Gasteiger partial charge >= 0.3 is 0 Å². The minimum Gasteiger partial charge on any atom is -0.495 e. The number of methoxy groups -OCH3 is 2. The van der Waals surface area contributed by atoms with E-state index in [1.54, 1.807) is 32.4 Å². The number of anilines is 2. The van der Waals surface area contributed by atoms with Crippen molar-refractivity contribution in [2.45, 2.75) is 13.3 Å². The second-order valence-corrected chi connectivity index (χ2v) is 5.74. The number of ether oxygens (including phenoxy) is 2. The molecular formula is C17H21ClN4O3. The summed E-state index contributed by atoms with van der Waals surface area (Å²) in [6.07, 6.45) is 0.741. The van der Waals surface area contributed by atoms with Crippen LogP contribution >= 0.6 is 11.6 Å². The first kappa shape index (κ1) is 19.0. The van der Waals surface area contributed by atoms with Crippen LogP contribution in [0, 0.1) is 6.92 Å². The maximum atomic E-state index is 12.0. The number of nitrogens with zero attached hydrogens (tertiary/aromatic N) is 2. The van der Waals surface area contributed by atoms with Crippen LogP contribution < -0.4 is 15.4 Å². The predicted octanol–water partition coefficient (Wildman–Crippen LogP) is 2.96. The molecule has 1 heterocycles. The number of nitrogens with one attached hydrogen (secondary N) is 2. The third-order valence-corrected chi connectivity index (χ3v) is 3.86. The summed E-state index contributed by atoms with van der Waals surface area (Å²) in [5.74, 6) is 0.823. The molecular weight excluding hydrogens is 344 g/mol. The Morgan fingerprint density at radius 1 is 1.24 bits per heavy atom. The highest BCUT2D eigenvalue weighted by Gasteiger charge is 2.10. The van der Waals surface area contributed by atoms with Gasteiger partial charge in [-0.15, -0.1) is 10.2 Å². The quantitative estimate of drug-likeness (QED) is 0.700. The van der Waals surface area contributed by atoms with E-state index in [2.05, 4.69) is 20.8 Å². The number of carbonyl (C=O) groups excluding carboxylic acids is 1. The van der Waals surface area contributed by atoms with Gasteiger partial charge in [-0.05, 0) is 37.1 Å². The summed E-state index contributed by atoms with van der Waals surface area (Å²) in [5.41, 5.74) is 1.88. The van der Waals surface area contributed by atoms with E-state index in [4.69, 9.17) is 21.1 Å². The SMILES string of the molecule is COCCCNC(=O)c1ccc(Nc2cc(C)c(Cl)cc2OC)nn1. The average molecular weight is 365 g/mol. The van der Waals surface area contributed by atoms with Crippen LogP contribution in [0.25, 0.3) is 0 Å². The van der Waals surface area contributed by atoms with Crippen LogP contribution in [0.1, 0.15) is 22.5 Å². The van der Waals surface area contributed by atoms with Crippen molar-refractivity contribution in [3.8, 4) is 5.75 Å². The van der Waals surface area contributed by atoms with Crippen molar-refractivity contribution < 1.29 is 14.3 Å². The van der Waals surface area contributed by atoms with Crippen LogP contribution in [0.4, 0.5) is 11.5 Å². The van der Waals surface area contributed by atoms with E-state index in [0.717, 1.165) is 17.7 Å². The van der Waals surface area contributed by atoms with Gasteiger partial charge in [0.2, 0.25) is 0 Å². The van der Waals surface area contributed by atoms with Gasteiger partial charge in [0.15, 0.2) is 11.5 Å². The van der Waals surface area contributed by atoms with Crippen molar-refractivity contribution in [1.29, 1.82) is 0 Å². The highest BCUT2D eigenvalue weighted by molar-refractivity contribution is 6.31. The lowest BCUT2D eigenvalue weighted by Gasteiger charge is -2.12. The fraction of sp³-hybridized carbons (Fsp3) is 0.353. The average Bonchev–Trinajstić information content (AvgIpc) is 2.62. The molecule has 2 N–H and O–H groups in total. The largest absolute Gasteiger partial charge is 0.495 e. The summed E-state index contributed by atoms with van der Waals surface area (Å²) < 4.78 is 10.2. The lowest BCUT2D eigenvalue weighted by Crippen LogP contribution is -2.26.